The quantitative estimate of drug-likeness (QED) is 0.370. The number of carbonyl (C=O) groups is 2. The van der Waals surface area contributed by atoms with Crippen molar-refractivity contribution in [3.63, 3.8) is 0 Å². The van der Waals surface area contributed by atoms with Crippen LogP contribution in [0.1, 0.15) is 27.6 Å². The van der Waals surface area contributed by atoms with E-state index in [1.165, 1.54) is 0 Å². The zero-order valence-electron chi connectivity index (χ0n) is 8.41. The van der Waals surface area contributed by atoms with Gasteiger partial charge >= 0.3 is 30.8 Å². The maximum absolute atomic E-state index is 10.3. The Kier molecular flexibility index (Phi) is 8.45. The van der Waals surface area contributed by atoms with Gasteiger partial charge in [-0.05, 0) is 6.42 Å². The van der Waals surface area contributed by atoms with E-state index in [0.29, 0.717) is 6.42 Å². The maximum Gasteiger partial charge on any atom is 1.00 e. The van der Waals surface area contributed by atoms with E-state index in [1.54, 1.807) is 0 Å². The molecule has 0 aromatic heterocycles. The van der Waals surface area contributed by atoms with Crippen molar-refractivity contribution in [2.24, 2.45) is 5.92 Å². The first-order valence-corrected chi connectivity index (χ1v) is 3.55. The Morgan fingerprint density at radius 1 is 1.33 bits per heavy atom. The molecule has 0 bridgehead atoms. The normalized spacial score (nSPS) is 9.17. The summed E-state index contributed by atoms with van der Waals surface area (Å²) in [6, 6.07) is 0. The number of aliphatic carboxylic acids is 2. The van der Waals surface area contributed by atoms with Crippen LogP contribution in [0.2, 0.25) is 0 Å². The number of carboxylic acid groups (broad SMARTS) is 2. The molecular weight excluding hydrogens is 155 g/mol. The first-order valence-electron chi connectivity index (χ1n) is 3.55. The van der Waals surface area contributed by atoms with E-state index in [4.69, 9.17) is 10.2 Å². The summed E-state index contributed by atoms with van der Waals surface area (Å²) in [6.07, 6.45) is 1.68. The second kappa shape index (κ2) is 7.20. The minimum atomic E-state index is -1.24. The average molecular weight is 168 g/mol. The van der Waals surface area contributed by atoms with Gasteiger partial charge in [0.2, 0.25) is 0 Å². The van der Waals surface area contributed by atoms with Crippen LogP contribution < -0.4 is 18.9 Å². The Hall–Kier alpha value is -0.463. The van der Waals surface area contributed by atoms with Crippen molar-refractivity contribution in [2.45, 2.75) is 26.2 Å². The summed E-state index contributed by atoms with van der Waals surface area (Å²) < 4.78 is 0. The summed E-state index contributed by atoms with van der Waals surface area (Å²) in [7, 11) is 0. The molecule has 5 heteroatoms. The Balaban J connectivity index is -0.000000500. The van der Waals surface area contributed by atoms with Gasteiger partial charge in [0.25, 0.3) is 0 Å². The van der Waals surface area contributed by atoms with Crippen LogP contribution in [0.5, 0.6) is 0 Å². The molecule has 0 aromatic rings. The van der Waals surface area contributed by atoms with E-state index in [-0.39, 0.29) is 26.7 Å². The van der Waals surface area contributed by atoms with Crippen LogP contribution >= 0.6 is 0 Å². The van der Waals surface area contributed by atoms with E-state index in [1.807, 2.05) is 6.92 Å². The largest absolute Gasteiger partial charge is 1.00 e. The van der Waals surface area contributed by atoms with E-state index < -0.39 is 17.9 Å². The van der Waals surface area contributed by atoms with Crippen LogP contribution in [-0.4, -0.2) is 22.2 Å². The molecule has 0 unspecified atom stereocenters. The Morgan fingerprint density at radius 3 is 2.00 bits per heavy atom. The van der Waals surface area contributed by atoms with E-state index in [2.05, 4.69) is 0 Å². The molecule has 0 amide bonds. The summed E-state index contributed by atoms with van der Waals surface area (Å²) in [5.41, 5.74) is 0. The third kappa shape index (κ3) is 5.22. The van der Waals surface area contributed by atoms with Gasteiger partial charge in [0.15, 0.2) is 5.92 Å². The first-order chi connectivity index (χ1) is 5.09. The average Bonchev–Trinajstić information content (AvgIpc) is 1.87. The van der Waals surface area contributed by atoms with Crippen molar-refractivity contribution in [1.29, 1.82) is 0 Å². The van der Waals surface area contributed by atoms with E-state index in [9.17, 15) is 9.59 Å². The van der Waals surface area contributed by atoms with Crippen molar-refractivity contribution < 1.29 is 40.1 Å². The minimum Gasteiger partial charge on any atom is -1.00 e. The summed E-state index contributed by atoms with van der Waals surface area (Å²) in [4.78, 5) is 20.5. The second-order valence-electron chi connectivity index (χ2n) is 2.37. The van der Waals surface area contributed by atoms with Crippen LogP contribution in [0.15, 0.2) is 0 Å². The zero-order chi connectivity index (χ0) is 8.85. The number of carboxylic acids is 2. The van der Waals surface area contributed by atoms with Crippen LogP contribution in [0.3, 0.4) is 0 Å². The fourth-order valence-electron chi connectivity index (χ4n) is 0.761. The SMILES string of the molecule is CCCCC(C(=O)O)C(=O)O.[H-].[Li+]. The molecule has 0 aromatic carbocycles. The molecule has 0 aliphatic heterocycles. The molecule has 2 N–H and O–H groups in total. The summed E-state index contributed by atoms with van der Waals surface area (Å²) in [5.74, 6) is -3.72. The van der Waals surface area contributed by atoms with Gasteiger partial charge < -0.3 is 11.6 Å². The fourth-order valence-corrected chi connectivity index (χ4v) is 0.761. The predicted molar refractivity (Wildman–Crippen MR) is 39.4 cm³/mol. The first kappa shape index (κ1) is 14.1. The van der Waals surface area contributed by atoms with E-state index in [0.717, 1.165) is 6.42 Å². The molecule has 0 radical (unpaired) electrons. The standard InChI is InChI=1S/C7H12O4.Li.H/c1-2-3-4-5(6(8)9)7(10)11;;/h5H,2-4H2,1H3,(H,8,9)(H,10,11);;/q;+1;-1. The predicted octanol–water partition coefficient (Wildman–Crippen LogP) is -1.92. The van der Waals surface area contributed by atoms with Gasteiger partial charge in [-0.25, -0.2) is 0 Å². The molecule has 0 fully saturated rings. The zero-order valence-corrected chi connectivity index (χ0v) is 7.41. The number of rotatable bonds is 5. The molecule has 0 saturated carbocycles. The minimum absolute atomic E-state index is 0. The maximum atomic E-state index is 10.3. The molecule has 0 rings (SSSR count). The van der Waals surface area contributed by atoms with Crippen LogP contribution in [0.4, 0.5) is 0 Å². The molecule has 0 aliphatic rings. The molecule has 0 heterocycles. The number of hydrogen-bond donors (Lipinski definition) is 2. The molecule has 0 spiro atoms. The molecule has 4 nitrogen and oxygen atoms in total. The van der Waals surface area contributed by atoms with Gasteiger partial charge in [-0.1, -0.05) is 19.8 Å². The van der Waals surface area contributed by atoms with Crippen molar-refractivity contribution in [3.05, 3.63) is 0 Å². The Morgan fingerprint density at radius 2 is 1.75 bits per heavy atom. The van der Waals surface area contributed by atoms with Gasteiger partial charge in [-0.3, -0.25) is 9.59 Å². The molecule has 0 saturated heterocycles. The Labute approximate surface area is 84.6 Å². The molecule has 12 heavy (non-hydrogen) atoms. The smallest absolute Gasteiger partial charge is 1.00 e. The molecule has 0 atom stereocenters. The topological polar surface area (TPSA) is 74.6 Å². The summed E-state index contributed by atoms with van der Waals surface area (Å²) >= 11 is 0. The van der Waals surface area contributed by atoms with Gasteiger partial charge in [0, 0.05) is 0 Å². The van der Waals surface area contributed by atoms with Crippen molar-refractivity contribution in [3.8, 4) is 0 Å². The van der Waals surface area contributed by atoms with Crippen molar-refractivity contribution in [2.75, 3.05) is 0 Å². The third-order valence-electron chi connectivity index (χ3n) is 1.44. The molecule has 0 aliphatic carbocycles. The van der Waals surface area contributed by atoms with Gasteiger partial charge in [-0.2, -0.15) is 0 Å². The van der Waals surface area contributed by atoms with Gasteiger partial charge in [-0.15, -0.1) is 0 Å². The van der Waals surface area contributed by atoms with Crippen LogP contribution in [0, 0.1) is 5.92 Å². The Bertz CT molecular complexity index is 149. The van der Waals surface area contributed by atoms with Gasteiger partial charge in [0.05, 0.1) is 0 Å². The summed E-state index contributed by atoms with van der Waals surface area (Å²) in [6.45, 7) is 1.89. The number of hydrogen-bond acceptors (Lipinski definition) is 2. The van der Waals surface area contributed by atoms with Crippen molar-refractivity contribution >= 4 is 11.9 Å². The van der Waals surface area contributed by atoms with Crippen LogP contribution in [0.25, 0.3) is 0 Å². The van der Waals surface area contributed by atoms with Gasteiger partial charge in [0.1, 0.15) is 0 Å². The number of unbranched alkanes of at least 4 members (excludes halogenated alkanes) is 1. The monoisotopic (exact) mass is 168 g/mol. The second-order valence-corrected chi connectivity index (χ2v) is 2.37. The molecule has 66 valence electrons. The third-order valence-corrected chi connectivity index (χ3v) is 1.44. The fraction of sp³-hybridized carbons (Fsp3) is 0.714. The van der Waals surface area contributed by atoms with Crippen molar-refractivity contribution in [1.82, 2.24) is 0 Å². The van der Waals surface area contributed by atoms with Crippen LogP contribution in [-0.2, 0) is 9.59 Å². The molecular formula is C7H13LiO4. The van der Waals surface area contributed by atoms with E-state index >= 15 is 0 Å². The summed E-state index contributed by atoms with van der Waals surface area (Å²) in [5, 5.41) is 16.8.